The molecule has 1 spiro atoms. The fourth-order valence-electron chi connectivity index (χ4n) is 5.73. The van der Waals surface area contributed by atoms with Crippen LogP contribution >= 0.6 is 11.3 Å². The van der Waals surface area contributed by atoms with Crippen LogP contribution in [-0.4, -0.2) is 52.2 Å². The topological polar surface area (TPSA) is 71.8 Å². The minimum absolute atomic E-state index is 0.212. The lowest BCUT2D eigenvalue weighted by Crippen LogP contribution is -2.41. The number of aromatic nitrogens is 3. The maximum atomic E-state index is 12.9. The average molecular weight is 511 g/mol. The Kier molecular flexibility index (Phi) is 5.65. The van der Waals surface area contributed by atoms with Crippen molar-refractivity contribution < 1.29 is 13.2 Å². The van der Waals surface area contributed by atoms with Crippen molar-refractivity contribution in [3.8, 4) is 6.07 Å². The maximum absolute atomic E-state index is 12.9. The summed E-state index contributed by atoms with van der Waals surface area (Å²) in [5, 5.41) is 10.9. The molecular formula is C26H25F3N6S. The number of thiophene rings is 1. The molecule has 186 valence electrons. The van der Waals surface area contributed by atoms with Crippen LogP contribution in [0.1, 0.15) is 35.4 Å². The predicted molar refractivity (Wildman–Crippen MR) is 134 cm³/mol. The summed E-state index contributed by atoms with van der Waals surface area (Å²) in [5.41, 5.74) is 3.01. The number of benzene rings is 1. The normalized spacial score (nSPS) is 18.4. The lowest BCUT2D eigenvalue weighted by atomic mass is 9.77. The molecule has 2 aliphatic rings. The molecule has 1 aromatic carbocycles. The number of fused-ring (bicyclic) bond motifs is 2. The first-order valence-electron chi connectivity index (χ1n) is 12.1. The Morgan fingerprint density at radius 1 is 1.08 bits per heavy atom. The molecule has 3 aromatic heterocycles. The SMILES string of the molecule is N#Cc1cc2ccc(CN3CCC4(CC3)CCN(c3ncnc5sc(CC(F)(F)F)cc35)C4)cc2[nH]1. The highest BCUT2D eigenvalue weighted by Crippen LogP contribution is 2.43. The van der Waals surface area contributed by atoms with Crippen LogP contribution in [0.15, 0.2) is 36.7 Å². The van der Waals surface area contributed by atoms with E-state index in [1.165, 1.54) is 11.9 Å². The Morgan fingerprint density at radius 3 is 2.67 bits per heavy atom. The van der Waals surface area contributed by atoms with Crippen molar-refractivity contribution in [1.82, 2.24) is 19.9 Å². The second kappa shape index (κ2) is 8.75. The van der Waals surface area contributed by atoms with Crippen molar-refractivity contribution in [1.29, 1.82) is 5.26 Å². The summed E-state index contributed by atoms with van der Waals surface area (Å²) in [4.78, 5) is 17.5. The minimum atomic E-state index is -4.23. The smallest absolute Gasteiger partial charge is 0.355 e. The summed E-state index contributed by atoms with van der Waals surface area (Å²) in [6, 6.07) is 12.0. The van der Waals surface area contributed by atoms with Crippen molar-refractivity contribution >= 4 is 38.3 Å². The number of piperidine rings is 1. The first-order valence-corrected chi connectivity index (χ1v) is 12.9. The summed E-state index contributed by atoms with van der Waals surface area (Å²) in [7, 11) is 0. The van der Waals surface area contributed by atoms with Crippen LogP contribution in [0.2, 0.25) is 0 Å². The van der Waals surface area contributed by atoms with Gasteiger partial charge in [-0.1, -0.05) is 12.1 Å². The van der Waals surface area contributed by atoms with Gasteiger partial charge < -0.3 is 9.88 Å². The summed E-state index contributed by atoms with van der Waals surface area (Å²) in [6.07, 6.45) is -0.443. The van der Waals surface area contributed by atoms with Crippen LogP contribution in [-0.2, 0) is 13.0 Å². The molecule has 36 heavy (non-hydrogen) atoms. The van der Waals surface area contributed by atoms with E-state index in [1.54, 1.807) is 6.07 Å². The summed E-state index contributed by atoms with van der Waals surface area (Å²) >= 11 is 1.11. The van der Waals surface area contributed by atoms with Gasteiger partial charge in [-0.15, -0.1) is 11.3 Å². The summed E-state index contributed by atoms with van der Waals surface area (Å²) in [6.45, 7) is 4.63. The molecule has 5 heterocycles. The number of halogens is 3. The van der Waals surface area contributed by atoms with Crippen LogP contribution in [0, 0.1) is 16.7 Å². The van der Waals surface area contributed by atoms with Gasteiger partial charge in [-0.05, 0) is 61.5 Å². The number of hydrogen-bond donors (Lipinski definition) is 1. The van der Waals surface area contributed by atoms with Gasteiger partial charge >= 0.3 is 6.18 Å². The Bertz CT molecular complexity index is 1460. The second-order valence-corrected chi connectivity index (χ2v) is 11.2. The van der Waals surface area contributed by atoms with E-state index >= 15 is 0 Å². The largest absolute Gasteiger partial charge is 0.393 e. The molecule has 2 saturated heterocycles. The number of nitrogens with zero attached hydrogens (tertiary/aromatic N) is 5. The van der Waals surface area contributed by atoms with E-state index in [2.05, 4.69) is 49.0 Å². The Hall–Kier alpha value is -3.16. The molecular weight excluding hydrogens is 485 g/mol. The third kappa shape index (κ3) is 4.53. The number of hydrogen-bond acceptors (Lipinski definition) is 6. The molecule has 0 amide bonds. The number of alkyl halides is 3. The Labute approximate surface area is 210 Å². The highest BCUT2D eigenvalue weighted by Gasteiger charge is 2.41. The fraction of sp³-hybridized carbons (Fsp3) is 0.423. The second-order valence-electron chi connectivity index (χ2n) is 10.1. The predicted octanol–water partition coefficient (Wildman–Crippen LogP) is 5.64. The van der Waals surface area contributed by atoms with Crippen molar-refractivity contribution in [3.63, 3.8) is 0 Å². The van der Waals surface area contributed by atoms with Gasteiger partial charge in [0.1, 0.15) is 28.7 Å². The number of nitrogens with one attached hydrogen (secondary N) is 1. The Morgan fingerprint density at radius 2 is 1.89 bits per heavy atom. The molecule has 6 rings (SSSR count). The van der Waals surface area contributed by atoms with Gasteiger partial charge in [-0.3, -0.25) is 4.90 Å². The van der Waals surface area contributed by atoms with Crippen LogP contribution in [0.25, 0.3) is 21.1 Å². The molecule has 2 fully saturated rings. The van der Waals surface area contributed by atoms with Gasteiger partial charge in [0.25, 0.3) is 0 Å². The van der Waals surface area contributed by atoms with Gasteiger partial charge in [0.15, 0.2) is 0 Å². The van der Waals surface area contributed by atoms with Crippen LogP contribution in [0.3, 0.4) is 0 Å². The zero-order chi connectivity index (χ0) is 24.9. The molecule has 0 bridgehead atoms. The van der Waals surface area contributed by atoms with Gasteiger partial charge in [0, 0.05) is 35.4 Å². The van der Waals surface area contributed by atoms with E-state index in [4.69, 9.17) is 5.26 Å². The number of anilines is 1. The fourth-order valence-corrected chi connectivity index (χ4v) is 6.75. The van der Waals surface area contributed by atoms with Crippen LogP contribution < -0.4 is 4.90 Å². The molecule has 0 saturated carbocycles. The first-order chi connectivity index (χ1) is 17.3. The molecule has 0 atom stereocenters. The van der Waals surface area contributed by atoms with Gasteiger partial charge in [0.2, 0.25) is 0 Å². The molecule has 0 unspecified atom stereocenters. The lowest BCUT2D eigenvalue weighted by Gasteiger charge is -2.39. The van der Waals surface area contributed by atoms with E-state index in [0.717, 1.165) is 85.4 Å². The molecule has 0 radical (unpaired) electrons. The molecule has 1 N–H and O–H groups in total. The van der Waals surface area contributed by atoms with Crippen molar-refractivity contribution in [2.24, 2.45) is 5.41 Å². The number of nitriles is 1. The molecule has 2 aliphatic heterocycles. The zero-order valence-corrected chi connectivity index (χ0v) is 20.4. The van der Waals surface area contributed by atoms with Crippen molar-refractivity contribution in [2.75, 3.05) is 31.1 Å². The van der Waals surface area contributed by atoms with Crippen molar-refractivity contribution in [2.45, 2.75) is 38.4 Å². The van der Waals surface area contributed by atoms with Crippen molar-refractivity contribution in [3.05, 3.63) is 52.8 Å². The Balaban J connectivity index is 1.12. The maximum Gasteiger partial charge on any atom is 0.393 e. The average Bonchev–Trinajstić information content (AvgIpc) is 3.55. The first kappa shape index (κ1) is 23.3. The number of H-pyrrole nitrogens is 1. The molecule has 10 heteroatoms. The summed E-state index contributed by atoms with van der Waals surface area (Å²) < 4.78 is 38.7. The minimum Gasteiger partial charge on any atom is -0.355 e. The third-order valence-corrected chi connectivity index (χ3v) is 8.65. The lowest BCUT2D eigenvalue weighted by molar-refractivity contribution is -0.126. The molecule has 6 nitrogen and oxygen atoms in total. The highest BCUT2D eigenvalue weighted by atomic mass is 32.1. The number of rotatable bonds is 4. The van der Waals surface area contributed by atoms with Gasteiger partial charge in [-0.25, -0.2) is 9.97 Å². The van der Waals surface area contributed by atoms with E-state index in [0.29, 0.717) is 10.5 Å². The van der Waals surface area contributed by atoms with Crippen LogP contribution in [0.4, 0.5) is 19.0 Å². The number of likely N-dealkylation sites (tertiary alicyclic amines) is 1. The van der Waals surface area contributed by atoms with E-state index in [1.807, 2.05) is 6.07 Å². The monoisotopic (exact) mass is 510 g/mol. The molecule has 4 aromatic rings. The van der Waals surface area contributed by atoms with E-state index < -0.39 is 12.6 Å². The summed E-state index contributed by atoms with van der Waals surface area (Å²) in [5.74, 6) is 0.764. The number of aromatic amines is 1. The zero-order valence-electron chi connectivity index (χ0n) is 19.6. The highest BCUT2D eigenvalue weighted by molar-refractivity contribution is 7.18. The molecule has 0 aliphatic carbocycles. The van der Waals surface area contributed by atoms with Gasteiger partial charge in [0.05, 0.1) is 11.8 Å². The quantitative estimate of drug-likeness (QED) is 0.385. The van der Waals surface area contributed by atoms with E-state index in [-0.39, 0.29) is 10.3 Å². The van der Waals surface area contributed by atoms with E-state index in [9.17, 15) is 13.2 Å². The third-order valence-electron chi connectivity index (χ3n) is 7.60. The standard InChI is InChI=1S/C26H25F3N6S/c27-26(28,29)12-20-11-21-23(31-16-32-24(21)36-20)35-8-5-25(15-35)3-6-34(7-4-25)14-17-1-2-18-10-19(13-30)33-22(18)9-17/h1-2,9-11,16,33H,3-8,12,14-15H2. The van der Waals surface area contributed by atoms with Crippen LogP contribution in [0.5, 0.6) is 0 Å². The van der Waals surface area contributed by atoms with Gasteiger partial charge in [-0.2, -0.15) is 18.4 Å².